The number of aryl methyl sites for hydroxylation is 2. The summed E-state index contributed by atoms with van der Waals surface area (Å²) in [5, 5.41) is 14.9. The van der Waals surface area contributed by atoms with Crippen molar-refractivity contribution in [3.63, 3.8) is 0 Å². The maximum atomic E-state index is 12.1. The summed E-state index contributed by atoms with van der Waals surface area (Å²) in [7, 11) is 0. The molecule has 0 bridgehead atoms. The largest absolute Gasteiger partial charge is 0.444 e. The lowest BCUT2D eigenvalue weighted by Gasteiger charge is -2.23. The number of tetrazole rings is 1. The smallest absolute Gasteiger partial charge is 0.407 e. The molecule has 0 saturated carbocycles. The molecule has 3 aromatic rings. The van der Waals surface area contributed by atoms with Crippen LogP contribution in [0.2, 0.25) is 0 Å². The Kier molecular flexibility index (Phi) is 4.45. The molecular formula is C18H25N7O3. The Hall–Kier alpha value is -2.75. The Morgan fingerprint density at radius 1 is 1.36 bits per heavy atom. The van der Waals surface area contributed by atoms with Gasteiger partial charge >= 0.3 is 6.09 Å². The van der Waals surface area contributed by atoms with Crippen molar-refractivity contribution >= 4 is 22.8 Å². The summed E-state index contributed by atoms with van der Waals surface area (Å²) in [5.74, 6) is 0.905. The van der Waals surface area contributed by atoms with Crippen LogP contribution in [0.4, 0.5) is 4.79 Å². The first-order chi connectivity index (χ1) is 13.3. The minimum absolute atomic E-state index is 0.105. The molecule has 0 aromatic carbocycles. The number of nitrogens with one attached hydrogen (secondary N) is 1. The lowest BCUT2D eigenvalue weighted by Crippen LogP contribution is -2.37. The SMILES string of the molecule is Cc1c(C)n2nnnc2c2nc3n(c12)C(CNC(=O)OC(C)(C)C)COCC3. The van der Waals surface area contributed by atoms with E-state index in [1.807, 2.05) is 34.6 Å². The number of hydrogen-bond donors (Lipinski definition) is 1. The van der Waals surface area contributed by atoms with Crippen LogP contribution >= 0.6 is 0 Å². The normalized spacial score (nSPS) is 17.5. The maximum absolute atomic E-state index is 12.1. The van der Waals surface area contributed by atoms with E-state index < -0.39 is 11.7 Å². The van der Waals surface area contributed by atoms with Gasteiger partial charge in [-0.2, -0.15) is 4.52 Å². The first-order valence-corrected chi connectivity index (χ1v) is 9.39. The van der Waals surface area contributed by atoms with Crippen molar-refractivity contribution in [3.8, 4) is 0 Å². The summed E-state index contributed by atoms with van der Waals surface area (Å²) in [4.78, 5) is 17.0. The third kappa shape index (κ3) is 3.17. The van der Waals surface area contributed by atoms with Gasteiger partial charge in [-0.3, -0.25) is 0 Å². The van der Waals surface area contributed by atoms with Crippen molar-refractivity contribution < 1.29 is 14.3 Å². The van der Waals surface area contributed by atoms with Crippen LogP contribution in [-0.4, -0.2) is 61.0 Å². The zero-order valence-electron chi connectivity index (χ0n) is 16.8. The Morgan fingerprint density at radius 2 is 2.14 bits per heavy atom. The van der Waals surface area contributed by atoms with Gasteiger partial charge in [0.2, 0.25) is 5.65 Å². The molecule has 1 unspecified atom stereocenters. The summed E-state index contributed by atoms with van der Waals surface area (Å²) in [6.07, 6.45) is 0.240. The number of carbonyl (C=O) groups is 1. The summed E-state index contributed by atoms with van der Waals surface area (Å²) in [6.45, 7) is 11.0. The third-order valence-electron chi connectivity index (χ3n) is 4.91. The Balaban J connectivity index is 1.75. The van der Waals surface area contributed by atoms with Crippen LogP contribution in [-0.2, 0) is 15.9 Å². The molecule has 1 N–H and O–H groups in total. The molecular weight excluding hydrogens is 362 g/mol. The van der Waals surface area contributed by atoms with Gasteiger partial charge in [0.05, 0.1) is 24.8 Å². The van der Waals surface area contributed by atoms with E-state index in [4.69, 9.17) is 14.5 Å². The second-order valence-corrected chi connectivity index (χ2v) is 8.08. The van der Waals surface area contributed by atoms with Crippen LogP contribution in [0.1, 0.15) is 43.9 Å². The molecule has 3 aromatic heterocycles. The number of aromatic nitrogens is 6. The van der Waals surface area contributed by atoms with Crippen LogP contribution < -0.4 is 5.32 Å². The number of alkyl carbamates (subject to hydrolysis) is 1. The standard InChI is InChI=1S/C18H25N7O3/c1-10-11(2)25-16(21-22-23-25)14-15(10)24-12(9-27-7-6-13(24)20-14)8-19-17(26)28-18(3,4)5/h12H,6-9H2,1-5H3,(H,19,26). The second-order valence-electron chi connectivity index (χ2n) is 8.08. The van der Waals surface area contributed by atoms with Gasteiger partial charge in [-0.15, -0.1) is 5.10 Å². The Labute approximate surface area is 162 Å². The van der Waals surface area contributed by atoms with Crippen molar-refractivity contribution in [1.82, 2.24) is 34.9 Å². The molecule has 1 amide bonds. The molecule has 150 valence electrons. The summed E-state index contributed by atoms with van der Waals surface area (Å²) in [5.41, 5.74) is 3.86. The summed E-state index contributed by atoms with van der Waals surface area (Å²) < 4.78 is 15.0. The van der Waals surface area contributed by atoms with E-state index >= 15 is 0 Å². The van der Waals surface area contributed by atoms with E-state index in [1.165, 1.54) is 0 Å². The highest BCUT2D eigenvalue weighted by molar-refractivity contribution is 5.91. The third-order valence-corrected chi connectivity index (χ3v) is 4.91. The highest BCUT2D eigenvalue weighted by atomic mass is 16.6. The average molecular weight is 387 g/mol. The van der Waals surface area contributed by atoms with E-state index in [1.54, 1.807) is 4.52 Å². The topological polar surface area (TPSA) is 108 Å². The Morgan fingerprint density at radius 3 is 2.89 bits per heavy atom. The number of hydrogen-bond acceptors (Lipinski definition) is 7. The number of nitrogens with zero attached hydrogens (tertiary/aromatic N) is 6. The van der Waals surface area contributed by atoms with E-state index in [-0.39, 0.29) is 6.04 Å². The summed E-state index contributed by atoms with van der Waals surface area (Å²) in [6, 6.07) is -0.105. The van der Waals surface area contributed by atoms with Crippen LogP contribution in [0.25, 0.3) is 16.7 Å². The first kappa shape index (κ1) is 18.6. The number of amides is 1. The monoisotopic (exact) mass is 387 g/mol. The molecule has 0 spiro atoms. The van der Waals surface area contributed by atoms with Gasteiger partial charge in [0.15, 0.2) is 0 Å². The molecule has 10 nitrogen and oxygen atoms in total. The predicted octanol–water partition coefficient (Wildman–Crippen LogP) is 1.73. The Bertz CT molecular complexity index is 1050. The average Bonchev–Trinajstić information content (AvgIpc) is 3.18. The van der Waals surface area contributed by atoms with Gasteiger partial charge in [-0.05, 0) is 50.6 Å². The maximum Gasteiger partial charge on any atom is 0.407 e. The number of carbonyl (C=O) groups excluding carboxylic acids is 1. The van der Waals surface area contributed by atoms with Gasteiger partial charge in [0.1, 0.15) is 16.9 Å². The lowest BCUT2D eigenvalue weighted by molar-refractivity contribution is 0.0505. The number of ether oxygens (including phenoxy) is 2. The fourth-order valence-electron chi connectivity index (χ4n) is 3.58. The highest BCUT2D eigenvalue weighted by Crippen LogP contribution is 2.30. The van der Waals surface area contributed by atoms with Gasteiger partial charge in [0.25, 0.3) is 0 Å². The van der Waals surface area contributed by atoms with E-state index in [2.05, 4.69) is 25.4 Å². The summed E-state index contributed by atoms with van der Waals surface area (Å²) >= 11 is 0. The van der Waals surface area contributed by atoms with Crippen molar-refractivity contribution in [2.45, 2.75) is 52.7 Å². The zero-order chi connectivity index (χ0) is 20.1. The van der Waals surface area contributed by atoms with Gasteiger partial charge in [0, 0.05) is 18.7 Å². The molecule has 4 heterocycles. The number of fused-ring (bicyclic) bond motifs is 5. The molecule has 4 rings (SSSR count). The van der Waals surface area contributed by atoms with Gasteiger partial charge in [-0.1, -0.05) is 0 Å². The van der Waals surface area contributed by atoms with Crippen molar-refractivity contribution in [1.29, 1.82) is 0 Å². The fourth-order valence-corrected chi connectivity index (χ4v) is 3.58. The molecule has 28 heavy (non-hydrogen) atoms. The first-order valence-electron chi connectivity index (χ1n) is 9.39. The molecule has 1 aliphatic rings. The fraction of sp³-hybridized carbons (Fsp3) is 0.611. The molecule has 0 aliphatic carbocycles. The van der Waals surface area contributed by atoms with E-state index in [9.17, 15) is 4.79 Å². The zero-order valence-corrected chi connectivity index (χ0v) is 16.8. The van der Waals surface area contributed by atoms with Crippen molar-refractivity contribution in [3.05, 3.63) is 17.1 Å². The number of imidazole rings is 1. The molecule has 0 fully saturated rings. The van der Waals surface area contributed by atoms with Gasteiger partial charge in [-0.25, -0.2) is 9.78 Å². The molecule has 1 atom stereocenters. The number of rotatable bonds is 2. The predicted molar refractivity (Wildman–Crippen MR) is 101 cm³/mol. The van der Waals surface area contributed by atoms with Crippen LogP contribution in [0, 0.1) is 13.8 Å². The van der Waals surface area contributed by atoms with Gasteiger partial charge < -0.3 is 19.4 Å². The highest BCUT2D eigenvalue weighted by Gasteiger charge is 2.27. The van der Waals surface area contributed by atoms with Crippen LogP contribution in [0.3, 0.4) is 0 Å². The molecule has 1 aliphatic heterocycles. The van der Waals surface area contributed by atoms with Crippen molar-refractivity contribution in [2.24, 2.45) is 0 Å². The van der Waals surface area contributed by atoms with Crippen molar-refractivity contribution in [2.75, 3.05) is 19.8 Å². The van der Waals surface area contributed by atoms with Crippen LogP contribution in [0.15, 0.2) is 0 Å². The molecule has 0 saturated heterocycles. The second kappa shape index (κ2) is 6.69. The molecule has 0 radical (unpaired) electrons. The van der Waals surface area contributed by atoms with E-state index in [0.29, 0.717) is 31.8 Å². The number of pyridine rings is 1. The minimum atomic E-state index is -0.545. The van der Waals surface area contributed by atoms with E-state index in [0.717, 1.165) is 28.1 Å². The van der Waals surface area contributed by atoms with Crippen LogP contribution in [0.5, 0.6) is 0 Å². The quantitative estimate of drug-likeness (QED) is 0.713. The minimum Gasteiger partial charge on any atom is -0.444 e. The lowest BCUT2D eigenvalue weighted by atomic mass is 10.1. The molecule has 10 heteroatoms.